The Hall–Kier alpha value is -2.88. The highest BCUT2D eigenvalue weighted by atomic mass is 16.6. The molecule has 6 heteroatoms. The van der Waals surface area contributed by atoms with Gasteiger partial charge in [-0.05, 0) is 18.5 Å². The van der Waals surface area contributed by atoms with Crippen LogP contribution >= 0.6 is 0 Å². The summed E-state index contributed by atoms with van der Waals surface area (Å²) in [6.45, 7) is 19.4. The third-order valence-electron chi connectivity index (χ3n) is 7.74. The predicted octanol–water partition coefficient (Wildman–Crippen LogP) is 5.05. The van der Waals surface area contributed by atoms with Gasteiger partial charge in [-0.25, -0.2) is 11.4 Å². The van der Waals surface area contributed by atoms with Crippen LogP contribution < -0.4 is 0 Å². The zero-order valence-corrected chi connectivity index (χ0v) is 21.1. The lowest BCUT2D eigenvalue weighted by molar-refractivity contribution is 0.114. The highest BCUT2D eigenvalue weighted by Gasteiger charge is 2.42. The minimum Gasteiger partial charge on any atom is -0.447 e. The van der Waals surface area contributed by atoms with Crippen LogP contribution in [0.2, 0.25) is 0 Å². The van der Waals surface area contributed by atoms with E-state index < -0.39 is 5.54 Å². The molecule has 2 aromatic rings. The lowest BCUT2D eigenvalue weighted by atomic mass is 9.77. The average molecular weight is 475 g/mol. The molecule has 0 bridgehead atoms. The van der Waals surface area contributed by atoms with E-state index in [4.69, 9.17) is 11.3 Å². The van der Waals surface area contributed by atoms with Crippen LogP contribution in [0.25, 0.3) is 4.85 Å². The van der Waals surface area contributed by atoms with Crippen LogP contribution in [0.5, 0.6) is 0 Å². The summed E-state index contributed by atoms with van der Waals surface area (Å²) >= 11 is 0. The molecule has 0 aromatic heterocycles. The van der Waals surface area contributed by atoms with Gasteiger partial charge in [-0.2, -0.15) is 0 Å². The predicted molar refractivity (Wildman–Crippen MR) is 139 cm³/mol. The van der Waals surface area contributed by atoms with Crippen LogP contribution in [0.4, 0.5) is 4.79 Å². The van der Waals surface area contributed by atoms with Crippen molar-refractivity contribution in [3.8, 4) is 0 Å². The number of nitrogens with zero attached hydrogens (tertiary/aromatic N) is 4. The first-order valence-corrected chi connectivity index (χ1v) is 12.9. The molecule has 186 valence electrons. The summed E-state index contributed by atoms with van der Waals surface area (Å²) in [5.41, 5.74) is 1.84. The number of carbonyl (C=O) groups excluding carboxylic acids is 1. The summed E-state index contributed by atoms with van der Waals surface area (Å²) in [5.74, 6) is 0.274. The van der Waals surface area contributed by atoms with Gasteiger partial charge in [0.1, 0.15) is 6.61 Å². The SMILES string of the molecule is [C-]#[N+]C(CCCN1CCN(CCN2C(=O)OCC2c2ccccc2)CC1)(c1ccccc1)C(C)C. The quantitative estimate of drug-likeness (QED) is 0.452. The first kappa shape index (κ1) is 25.2. The highest BCUT2D eigenvalue weighted by molar-refractivity contribution is 5.70. The first-order chi connectivity index (χ1) is 17.0. The maximum Gasteiger partial charge on any atom is 0.410 e. The number of carbonyl (C=O) groups is 1. The standard InChI is InChI=1S/C29H38N4O2/c1-24(2)29(30-3,26-13-8-5-9-14-26)15-10-16-31-17-19-32(20-18-31)21-22-33-27(23-35-28(33)34)25-11-6-4-7-12-25/h4-9,11-14,24,27H,10,15-23H2,1-2H3. The maximum absolute atomic E-state index is 12.3. The number of hydrogen-bond acceptors (Lipinski definition) is 4. The molecule has 0 saturated carbocycles. The second kappa shape index (κ2) is 11.7. The molecule has 2 aliphatic heterocycles. The van der Waals surface area contributed by atoms with Crippen molar-refractivity contribution in [2.45, 2.75) is 38.3 Å². The Kier molecular flexibility index (Phi) is 8.43. The van der Waals surface area contributed by atoms with Gasteiger partial charge in [0.2, 0.25) is 0 Å². The van der Waals surface area contributed by atoms with Gasteiger partial charge in [-0.15, -0.1) is 0 Å². The molecule has 2 atom stereocenters. The molecule has 0 aliphatic carbocycles. The third-order valence-corrected chi connectivity index (χ3v) is 7.74. The van der Waals surface area contributed by atoms with E-state index in [1.54, 1.807) is 0 Å². The van der Waals surface area contributed by atoms with Gasteiger partial charge in [0.05, 0.1) is 6.04 Å². The summed E-state index contributed by atoms with van der Waals surface area (Å²) in [7, 11) is 0. The van der Waals surface area contributed by atoms with Crippen molar-refractivity contribution in [1.29, 1.82) is 0 Å². The molecule has 6 nitrogen and oxygen atoms in total. The van der Waals surface area contributed by atoms with Crippen LogP contribution in [0, 0.1) is 12.5 Å². The zero-order valence-electron chi connectivity index (χ0n) is 21.1. The fraction of sp³-hybridized carbons (Fsp3) is 0.517. The molecular weight excluding hydrogens is 436 g/mol. The Bertz CT molecular complexity index is 983. The Balaban J connectivity index is 1.23. The summed E-state index contributed by atoms with van der Waals surface area (Å²) in [6.07, 6.45) is 1.70. The number of hydrogen-bond donors (Lipinski definition) is 0. The molecule has 0 spiro atoms. The molecule has 35 heavy (non-hydrogen) atoms. The molecule has 2 unspecified atom stereocenters. The van der Waals surface area contributed by atoms with Crippen molar-refractivity contribution in [1.82, 2.24) is 14.7 Å². The average Bonchev–Trinajstić information content (AvgIpc) is 3.27. The molecule has 2 fully saturated rings. The fourth-order valence-corrected chi connectivity index (χ4v) is 5.45. The van der Waals surface area contributed by atoms with Crippen molar-refractivity contribution in [2.24, 2.45) is 5.92 Å². The zero-order chi connectivity index (χ0) is 24.7. The van der Waals surface area contributed by atoms with Crippen molar-refractivity contribution in [3.05, 3.63) is 83.2 Å². The van der Waals surface area contributed by atoms with Crippen LogP contribution in [-0.4, -0.2) is 73.2 Å². The first-order valence-electron chi connectivity index (χ1n) is 12.9. The number of cyclic esters (lactones) is 1. The Morgan fingerprint density at radius 1 is 0.943 bits per heavy atom. The lowest BCUT2D eigenvalue weighted by Gasteiger charge is -2.36. The number of rotatable bonds is 10. The van der Waals surface area contributed by atoms with Gasteiger partial charge in [-0.3, -0.25) is 9.80 Å². The molecule has 0 N–H and O–H groups in total. The summed E-state index contributed by atoms with van der Waals surface area (Å²) in [5, 5.41) is 0. The number of amides is 1. The van der Waals surface area contributed by atoms with Crippen molar-refractivity contribution < 1.29 is 9.53 Å². The van der Waals surface area contributed by atoms with Crippen LogP contribution in [0.15, 0.2) is 60.7 Å². The van der Waals surface area contributed by atoms with E-state index in [1.807, 2.05) is 41.3 Å². The van der Waals surface area contributed by atoms with Gasteiger partial charge in [0, 0.05) is 57.2 Å². The number of benzene rings is 2. The van der Waals surface area contributed by atoms with Crippen LogP contribution in [0.3, 0.4) is 0 Å². The minimum absolute atomic E-state index is 0.0123. The fourth-order valence-electron chi connectivity index (χ4n) is 5.45. The molecule has 2 aliphatic rings. The van der Waals surface area contributed by atoms with E-state index in [2.05, 4.69) is 52.8 Å². The van der Waals surface area contributed by atoms with E-state index in [0.29, 0.717) is 13.2 Å². The van der Waals surface area contributed by atoms with Crippen LogP contribution in [0.1, 0.15) is 43.9 Å². The second-order valence-corrected chi connectivity index (χ2v) is 10.0. The third kappa shape index (κ3) is 5.86. The second-order valence-electron chi connectivity index (χ2n) is 10.0. The number of ether oxygens (including phenoxy) is 1. The Morgan fingerprint density at radius 2 is 1.54 bits per heavy atom. The molecule has 1 amide bonds. The van der Waals surface area contributed by atoms with Crippen molar-refractivity contribution >= 4 is 6.09 Å². The van der Waals surface area contributed by atoms with Gasteiger partial charge < -0.3 is 14.5 Å². The van der Waals surface area contributed by atoms with Gasteiger partial charge in [0.15, 0.2) is 0 Å². The van der Waals surface area contributed by atoms with Gasteiger partial charge in [-0.1, -0.05) is 74.5 Å². The van der Waals surface area contributed by atoms with Crippen molar-refractivity contribution in [2.75, 3.05) is 52.4 Å². The lowest BCUT2D eigenvalue weighted by Crippen LogP contribution is -2.49. The van der Waals surface area contributed by atoms with E-state index in [-0.39, 0.29) is 18.1 Å². The molecule has 2 aromatic carbocycles. The van der Waals surface area contributed by atoms with Crippen LogP contribution in [-0.2, 0) is 10.3 Å². The van der Waals surface area contributed by atoms with E-state index >= 15 is 0 Å². The topological polar surface area (TPSA) is 40.4 Å². The van der Waals surface area contributed by atoms with E-state index in [9.17, 15) is 4.79 Å². The normalized spacial score (nSPS) is 21.0. The molecule has 2 saturated heterocycles. The molecular formula is C29H38N4O2. The van der Waals surface area contributed by atoms with E-state index in [0.717, 1.165) is 63.2 Å². The summed E-state index contributed by atoms with van der Waals surface area (Å²) < 4.78 is 5.36. The smallest absolute Gasteiger partial charge is 0.410 e. The molecule has 2 heterocycles. The Morgan fingerprint density at radius 3 is 2.14 bits per heavy atom. The van der Waals surface area contributed by atoms with Crippen molar-refractivity contribution in [3.63, 3.8) is 0 Å². The molecule has 0 radical (unpaired) electrons. The number of piperazine rings is 1. The largest absolute Gasteiger partial charge is 0.447 e. The summed E-state index contributed by atoms with van der Waals surface area (Å²) in [4.78, 5) is 23.3. The summed E-state index contributed by atoms with van der Waals surface area (Å²) in [6, 6.07) is 20.5. The molecule has 4 rings (SSSR count). The van der Waals surface area contributed by atoms with Gasteiger partial charge in [0.25, 0.3) is 5.54 Å². The van der Waals surface area contributed by atoms with Gasteiger partial charge >= 0.3 is 6.09 Å². The monoisotopic (exact) mass is 474 g/mol. The van der Waals surface area contributed by atoms with E-state index in [1.165, 1.54) is 0 Å². The maximum atomic E-state index is 12.3. The Labute approximate surface area is 210 Å². The minimum atomic E-state index is -0.442. The highest BCUT2D eigenvalue weighted by Crippen LogP contribution is 2.38.